The second kappa shape index (κ2) is 13.4. The van der Waals surface area contributed by atoms with E-state index in [1.807, 2.05) is 18.2 Å². The van der Waals surface area contributed by atoms with E-state index in [0.29, 0.717) is 30.2 Å². The fourth-order valence-electron chi connectivity index (χ4n) is 3.24. The average Bonchev–Trinajstić information content (AvgIpc) is 2.80. The van der Waals surface area contributed by atoms with E-state index in [4.69, 9.17) is 14.2 Å². The number of halogens is 1. The number of hydrogen-bond donors (Lipinski definition) is 1. The molecule has 2 aromatic rings. The van der Waals surface area contributed by atoms with Gasteiger partial charge in [-0.1, -0.05) is 24.3 Å². The normalized spacial score (nSPS) is 11.1. The Hall–Kier alpha value is -3.06. The maximum atomic E-state index is 12.9. The number of benzene rings is 2. The molecule has 0 aliphatic heterocycles. The summed E-state index contributed by atoms with van der Waals surface area (Å²) in [6, 6.07) is 10.1. The van der Waals surface area contributed by atoms with Crippen molar-refractivity contribution in [2.45, 2.75) is 19.3 Å². The topological polar surface area (TPSA) is 60.0 Å². The van der Waals surface area contributed by atoms with Crippen molar-refractivity contribution in [2.75, 3.05) is 48.0 Å². The van der Waals surface area contributed by atoms with Crippen LogP contribution >= 0.6 is 0 Å². The maximum Gasteiger partial charge on any atom is 0.223 e. The number of rotatable bonds is 13. The van der Waals surface area contributed by atoms with Crippen molar-refractivity contribution in [2.24, 2.45) is 0 Å². The molecule has 0 spiro atoms. The molecule has 2 rings (SSSR count). The van der Waals surface area contributed by atoms with Gasteiger partial charge in [0.05, 0.1) is 21.3 Å². The number of nitrogens with zero attached hydrogens (tertiary/aromatic N) is 1. The van der Waals surface area contributed by atoms with Crippen LogP contribution in [0.1, 0.15) is 24.0 Å². The first-order chi connectivity index (χ1) is 15.5. The van der Waals surface area contributed by atoms with Gasteiger partial charge in [0, 0.05) is 19.5 Å². The number of carbonyl (C=O) groups excluding carboxylic acids is 1. The van der Waals surface area contributed by atoms with Gasteiger partial charge in [-0.25, -0.2) is 4.39 Å². The van der Waals surface area contributed by atoms with Crippen LogP contribution in [0.5, 0.6) is 17.2 Å². The van der Waals surface area contributed by atoms with Gasteiger partial charge in [-0.15, -0.1) is 0 Å². The second-order valence-electron chi connectivity index (χ2n) is 7.45. The van der Waals surface area contributed by atoms with Gasteiger partial charge in [0.2, 0.25) is 11.7 Å². The van der Waals surface area contributed by atoms with Crippen LogP contribution in [0.2, 0.25) is 0 Å². The van der Waals surface area contributed by atoms with Gasteiger partial charge in [-0.2, -0.15) is 0 Å². The van der Waals surface area contributed by atoms with Gasteiger partial charge in [0.1, 0.15) is 5.82 Å². The highest BCUT2D eigenvalue weighted by atomic mass is 19.1. The third-order valence-electron chi connectivity index (χ3n) is 5.03. The van der Waals surface area contributed by atoms with Crippen molar-refractivity contribution >= 4 is 12.0 Å². The molecular formula is C25H33FN2O4. The SMILES string of the molecule is COc1cc(CCN(C)CCCNC(=O)C/C=C/c2ccc(F)cc2)cc(OC)c1OC. The summed E-state index contributed by atoms with van der Waals surface area (Å²) in [6.45, 7) is 2.36. The molecule has 0 fully saturated rings. The molecular weight excluding hydrogens is 411 g/mol. The third kappa shape index (κ3) is 8.23. The first kappa shape index (κ1) is 25.2. The summed E-state index contributed by atoms with van der Waals surface area (Å²) in [5, 5.41) is 2.93. The quantitative estimate of drug-likeness (QED) is 0.475. The first-order valence-electron chi connectivity index (χ1n) is 10.6. The molecule has 7 heteroatoms. The minimum Gasteiger partial charge on any atom is -0.493 e. The Balaban J connectivity index is 1.67. The zero-order valence-electron chi connectivity index (χ0n) is 19.3. The highest BCUT2D eigenvalue weighted by molar-refractivity contribution is 5.78. The van der Waals surface area contributed by atoms with E-state index in [2.05, 4.69) is 17.3 Å². The van der Waals surface area contributed by atoms with E-state index in [1.54, 1.807) is 39.5 Å². The molecule has 0 aromatic heterocycles. The number of carbonyl (C=O) groups is 1. The molecule has 0 radical (unpaired) electrons. The molecule has 0 unspecified atom stereocenters. The number of nitrogens with one attached hydrogen (secondary N) is 1. The van der Waals surface area contributed by atoms with Gasteiger partial charge in [-0.05, 0) is 61.8 Å². The number of ether oxygens (including phenoxy) is 3. The minimum absolute atomic E-state index is 0.0246. The van der Waals surface area contributed by atoms with E-state index in [9.17, 15) is 9.18 Å². The number of hydrogen-bond acceptors (Lipinski definition) is 5. The zero-order valence-corrected chi connectivity index (χ0v) is 19.3. The molecule has 0 saturated carbocycles. The van der Waals surface area contributed by atoms with Crippen molar-refractivity contribution in [1.82, 2.24) is 10.2 Å². The van der Waals surface area contributed by atoms with Gasteiger partial charge in [0.15, 0.2) is 11.5 Å². The second-order valence-corrected chi connectivity index (χ2v) is 7.45. The summed E-state index contributed by atoms with van der Waals surface area (Å²) in [7, 11) is 6.87. The molecule has 0 saturated heterocycles. The van der Waals surface area contributed by atoms with Crippen molar-refractivity contribution in [3.63, 3.8) is 0 Å². The van der Waals surface area contributed by atoms with Crippen LogP contribution in [0.4, 0.5) is 4.39 Å². The molecule has 2 aromatic carbocycles. The van der Waals surface area contributed by atoms with Crippen LogP contribution < -0.4 is 19.5 Å². The fraction of sp³-hybridized carbons (Fsp3) is 0.400. The molecule has 32 heavy (non-hydrogen) atoms. The fourth-order valence-corrected chi connectivity index (χ4v) is 3.24. The summed E-state index contributed by atoms with van der Waals surface area (Å²) in [4.78, 5) is 14.2. The highest BCUT2D eigenvalue weighted by Gasteiger charge is 2.13. The lowest BCUT2D eigenvalue weighted by atomic mass is 10.1. The standard InChI is InChI=1S/C25H33FN2O4/c1-28(16-13-20-17-22(30-2)25(32-4)23(18-20)31-3)15-6-14-27-24(29)8-5-7-19-9-11-21(26)12-10-19/h5,7,9-12,17-18H,6,8,13-16H2,1-4H3,(H,27,29)/b7-5+. The van der Waals surface area contributed by atoms with E-state index in [1.165, 1.54) is 12.1 Å². The summed E-state index contributed by atoms with van der Waals surface area (Å²) < 4.78 is 29.1. The van der Waals surface area contributed by atoms with Crippen molar-refractivity contribution in [3.8, 4) is 17.2 Å². The van der Waals surface area contributed by atoms with E-state index in [-0.39, 0.29) is 11.7 Å². The van der Waals surface area contributed by atoms with Crippen LogP contribution in [-0.2, 0) is 11.2 Å². The molecule has 174 valence electrons. The van der Waals surface area contributed by atoms with E-state index < -0.39 is 0 Å². The lowest BCUT2D eigenvalue weighted by Crippen LogP contribution is -2.28. The smallest absolute Gasteiger partial charge is 0.223 e. The predicted molar refractivity (Wildman–Crippen MR) is 125 cm³/mol. The number of amides is 1. The van der Waals surface area contributed by atoms with Crippen LogP contribution in [-0.4, -0.2) is 58.8 Å². The van der Waals surface area contributed by atoms with E-state index >= 15 is 0 Å². The van der Waals surface area contributed by atoms with Crippen molar-refractivity contribution in [3.05, 3.63) is 59.4 Å². The highest BCUT2D eigenvalue weighted by Crippen LogP contribution is 2.38. The monoisotopic (exact) mass is 444 g/mol. The average molecular weight is 445 g/mol. The van der Waals surface area contributed by atoms with Crippen LogP contribution in [0, 0.1) is 5.82 Å². The van der Waals surface area contributed by atoms with Gasteiger partial charge in [-0.3, -0.25) is 4.79 Å². The van der Waals surface area contributed by atoms with Crippen LogP contribution in [0.15, 0.2) is 42.5 Å². The Morgan fingerprint density at radius 2 is 1.69 bits per heavy atom. The summed E-state index contributed by atoms with van der Waals surface area (Å²) >= 11 is 0. The number of methoxy groups -OCH3 is 3. The van der Waals surface area contributed by atoms with Crippen molar-refractivity contribution in [1.29, 1.82) is 0 Å². The molecule has 1 N–H and O–H groups in total. The predicted octanol–water partition coefficient (Wildman–Crippen LogP) is 3.94. The Kier molecular flexibility index (Phi) is 10.5. The Labute approximate surface area is 190 Å². The Morgan fingerprint density at radius 1 is 1.03 bits per heavy atom. The summed E-state index contributed by atoms with van der Waals surface area (Å²) in [5.41, 5.74) is 1.97. The van der Waals surface area contributed by atoms with Crippen LogP contribution in [0.25, 0.3) is 6.08 Å². The van der Waals surface area contributed by atoms with Gasteiger partial charge in [0.25, 0.3) is 0 Å². The molecule has 1 amide bonds. The van der Waals surface area contributed by atoms with Gasteiger partial charge >= 0.3 is 0 Å². The first-order valence-corrected chi connectivity index (χ1v) is 10.6. The zero-order chi connectivity index (χ0) is 23.3. The minimum atomic E-state index is -0.270. The Bertz CT molecular complexity index is 859. The lowest BCUT2D eigenvalue weighted by Gasteiger charge is -2.18. The van der Waals surface area contributed by atoms with Crippen LogP contribution in [0.3, 0.4) is 0 Å². The number of likely N-dealkylation sites (N-methyl/N-ethyl adjacent to an activating group) is 1. The van der Waals surface area contributed by atoms with E-state index in [0.717, 1.165) is 37.1 Å². The summed E-state index contributed by atoms with van der Waals surface area (Å²) in [6.07, 6.45) is 5.60. The third-order valence-corrected chi connectivity index (χ3v) is 5.03. The molecule has 0 atom stereocenters. The molecule has 0 bridgehead atoms. The molecule has 0 aliphatic rings. The largest absolute Gasteiger partial charge is 0.493 e. The molecule has 0 heterocycles. The molecule has 6 nitrogen and oxygen atoms in total. The maximum absolute atomic E-state index is 12.9. The van der Waals surface area contributed by atoms with Gasteiger partial charge < -0.3 is 24.4 Å². The summed E-state index contributed by atoms with van der Waals surface area (Å²) in [5.74, 6) is 1.61. The van der Waals surface area contributed by atoms with Crippen molar-refractivity contribution < 1.29 is 23.4 Å². The lowest BCUT2D eigenvalue weighted by molar-refractivity contribution is -0.120. The Morgan fingerprint density at radius 3 is 2.28 bits per heavy atom. The molecule has 0 aliphatic carbocycles.